The molecule has 0 radical (unpaired) electrons. The fourth-order valence-electron chi connectivity index (χ4n) is 4.06. The quantitative estimate of drug-likeness (QED) is 0.444. The van der Waals surface area contributed by atoms with Crippen molar-refractivity contribution in [3.63, 3.8) is 0 Å². The molecule has 0 aliphatic carbocycles. The highest BCUT2D eigenvalue weighted by Crippen LogP contribution is 2.25. The van der Waals surface area contributed by atoms with E-state index in [2.05, 4.69) is 35.0 Å². The Kier molecular flexibility index (Phi) is 12.8. The van der Waals surface area contributed by atoms with Crippen LogP contribution >= 0.6 is 0 Å². The van der Waals surface area contributed by atoms with Gasteiger partial charge in [-0.1, -0.05) is 33.9 Å². The topological polar surface area (TPSA) is 108 Å². The Labute approximate surface area is 220 Å². The molecule has 0 spiro atoms. The van der Waals surface area contributed by atoms with Crippen LogP contribution in [0.15, 0.2) is 31.0 Å². The lowest BCUT2D eigenvalue weighted by Crippen LogP contribution is -2.15. The van der Waals surface area contributed by atoms with E-state index in [4.69, 9.17) is 14.6 Å². The molecule has 0 saturated heterocycles. The van der Waals surface area contributed by atoms with Gasteiger partial charge in [-0.15, -0.1) is 0 Å². The van der Waals surface area contributed by atoms with Crippen molar-refractivity contribution < 1.29 is 24.2 Å². The Morgan fingerprint density at radius 2 is 1.68 bits per heavy atom. The SMILES string of the molecule is C.C=C(C)c1nc(C(=O)OCC)c2ccccn12.CCOC(=O)c1nc(C(C)C)n2c1CCCC2.CO. The minimum atomic E-state index is -0.399. The van der Waals surface area contributed by atoms with Crippen LogP contribution in [0.1, 0.15) is 99.1 Å². The molecular weight excluding hydrogens is 472 g/mol. The average molecular weight is 515 g/mol. The molecule has 3 aromatic heterocycles. The number of ether oxygens (including phenoxy) is 2. The van der Waals surface area contributed by atoms with Crippen LogP contribution in [0.3, 0.4) is 0 Å². The van der Waals surface area contributed by atoms with E-state index in [0.717, 1.165) is 49.1 Å². The lowest BCUT2D eigenvalue weighted by atomic mass is 10.1. The Morgan fingerprint density at radius 3 is 2.24 bits per heavy atom. The third kappa shape index (κ3) is 7.29. The van der Waals surface area contributed by atoms with Gasteiger partial charge >= 0.3 is 11.9 Å². The monoisotopic (exact) mass is 514 g/mol. The molecule has 9 heteroatoms. The Morgan fingerprint density at radius 1 is 1.05 bits per heavy atom. The van der Waals surface area contributed by atoms with Gasteiger partial charge in [0.2, 0.25) is 0 Å². The summed E-state index contributed by atoms with van der Waals surface area (Å²) >= 11 is 0. The minimum Gasteiger partial charge on any atom is -0.461 e. The van der Waals surface area contributed by atoms with Crippen molar-refractivity contribution in [1.82, 2.24) is 18.9 Å². The third-order valence-corrected chi connectivity index (χ3v) is 5.53. The molecule has 0 aromatic carbocycles. The molecule has 0 atom stereocenters. The normalized spacial score (nSPS) is 11.8. The van der Waals surface area contributed by atoms with Crippen molar-refractivity contribution in [2.45, 2.75) is 73.8 Å². The van der Waals surface area contributed by atoms with E-state index in [0.29, 0.717) is 36.3 Å². The molecule has 1 aliphatic heterocycles. The average Bonchev–Trinajstić information content (AvgIpc) is 3.46. The van der Waals surface area contributed by atoms with Crippen LogP contribution in [0.5, 0.6) is 0 Å². The van der Waals surface area contributed by atoms with E-state index in [1.54, 1.807) is 6.92 Å². The van der Waals surface area contributed by atoms with E-state index in [1.165, 1.54) is 6.42 Å². The lowest BCUT2D eigenvalue weighted by molar-refractivity contribution is 0.0510. The standard InChI is InChI=1S/C13H20N2O2.C13H14N2O2.CH4O.CH4/c2*1-4-17-13(16)11-10-7-5-6-8-15(10)12(14-11)9(2)3;1-2;/h9H,4-8H2,1-3H3;5-8H,2,4H2,1,3H3;2H,1H3;1H4. The molecule has 3 aromatic rings. The molecule has 37 heavy (non-hydrogen) atoms. The van der Waals surface area contributed by atoms with E-state index in [1.807, 2.05) is 42.6 Å². The molecule has 4 rings (SSSR count). The van der Waals surface area contributed by atoms with Gasteiger partial charge < -0.3 is 19.1 Å². The van der Waals surface area contributed by atoms with Crippen LogP contribution in [-0.4, -0.2) is 56.3 Å². The fraction of sp³-hybridized carbons (Fsp3) is 0.500. The zero-order chi connectivity index (χ0) is 26.8. The zero-order valence-electron chi connectivity index (χ0n) is 22.2. The van der Waals surface area contributed by atoms with E-state index in [9.17, 15) is 9.59 Å². The summed E-state index contributed by atoms with van der Waals surface area (Å²) in [5.41, 5.74) is 3.49. The van der Waals surface area contributed by atoms with Gasteiger partial charge in [0.25, 0.3) is 0 Å². The third-order valence-electron chi connectivity index (χ3n) is 5.53. The molecular formula is C28H42N4O5. The van der Waals surface area contributed by atoms with Gasteiger partial charge in [0.05, 0.1) is 24.4 Å². The van der Waals surface area contributed by atoms with Gasteiger partial charge in [-0.25, -0.2) is 19.6 Å². The number of aliphatic hydroxyl groups excluding tert-OH is 1. The summed E-state index contributed by atoms with van der Waals surface area (Å²) in [5.74, 6) is 1.37. The highest BCUT2D eigenvalue weighted by Gasteiger charge is 2.26. The molecule has 0 fully saturated rings. The van der Waals surface area contributed by atoms with Crippen LogP contribution in [0.2, 0.25) is 0 Å². The van der Waals surface area contributed by atoms with Gasteiger partial charge in [0, 0.05) is 25.8 Å². The maximum Gasteiger partial charge on any atom is 0.359 e. The number of esters is 2. The Hall–Kier alpha value is -3.46. The zero-order valence-corrected chi connectivity index (χ0v) is 22.2. The summed E-state index contributed by atoms with van der Waals surface area (Å²) in [7, 11) is 1.00. The molecule has 0 bridgehead atoms. The van der Waals surface area contributed by atoms with Crippen molar-refractivity contribution in [3.05, 3.63) is 59.7 Å². The summed E-state index contributed by atoms with van der Waals surface area (Å²) in [6.07, 6.45) is 5.10. The van der Waals surface area contributed by atoms with Gasteiger partial charge in [0.15, 0.2) is 11.4 Å². The van der Waals surface area contributed by atoms with Crippen molar-refractivity contribution in [2.75, 3.05) is 20.3 Å². The van der Waals surface area contributed by atoms with Gasteiger partial charge in [-0.2, -0.15) is 0 Å². The van der Waals surface area contributed by atoms with E-state index < -0.39 is 5.97 Å². The molecule has 4 heterocycles. The number of hydrogen-bond acceptors (Lipinski definition) is 7. The number of fused-ring (bicyclic) bond motifs is 2. The van der Waals surface area contributed by atoms with Crippen LogP contribution in [-0.2, 0) is 22.4 Å². The highest BCUT2D eigenvalue weighted by molar-refractivity contribution is 5.95. The number of rotatable bonds is 6. The minimum absolute atomic E-state index is 0. The van der Waals surface area contributed by atoms with Crippen LogP contribution in [0, 0.1) is 0 Å². The number of carbonyl (C=O) groups excluding carboxylic acids is 2. The van der Waals surface area contributed by atoms with Gasteiger partial charge in [-0.05, 0) is 57.7 Å². The second kappa shape index (κ2) is 14.9. The largest absolute Gasteiger partial charge is 0.461 e. The van der Waals surface area contributed by atoms with Crippen LogP contribution in [0.4, 0.5) is 0 Å². The molecule has 0 unspecified atom stereocenters. The molecule has 1 aliphatic rings. The molecule has 9 nitrogen and oxygen atoms in total. The van der Waals surface area contributed by atoms with Crippen molar-refractivity contribution in [3.8, 4) is 0 Å². The van der Waals surface area contributed by atoms with Crippen LogP contribution < -0.4 is 0 Å². The summed E-state index contributed by atoms with van der Waals surface area (Å²) in [6, 6.07) is 5.59. The summed E-state index contributed by atoms with van der Waals surface area (Å²) in [6.45, 7) is 15.3. The maximum atomic E-state index is 11.9. The Balaban J connectivity index is 0.000000338. The van der Waals surface area contributed by atoms with E-state index >= 15 is 0 Å². The second-order valence-corrected chi connectivity index (χ2v) is 8.49. The number of imidazole rings is 2. The Bertz CT molecular complexity index is 1190. The first-order chi connectivity index (χ1) is 17.3. The van der Waals surface area contributed by atoms with Crippen molar-refractivity contribution in [2.24, 2.45) is 0 Å². The molecule has 0 amide bonds. The summed E-state index contributed by atoms with van der Waals surface area (Å²) in [4.78, 5) is 32.4. The highest BCUT2D eigenvalue weighted by atomic mass is 16.5. The number of aliphatic hydroxyl groups is 1. The fourth-order valence-corrected chi connectivity index (χ4v) is 4.06. The van der Waals surface area contributed by atoms with Crippen molar-refractivity contribution >= 4 is 23.0 Å². The van der Waals surface area contributed by atoms with Gasteiger partial charge in [-0.3, -0.25) is 4.40 Å². The first kappa shape index (κ1) is 31.6. The predicted octanol–water partition coefficient (Wildman–Crippen LogP) is 5.31. The summed E-state index contributed by atoms with van der Waals surface area (Å²) in [5, 5.41) is 7.00. The number of allylic oxidation sites excluding steroid dienone is 1. The van der Waals surface area contributed by atoms with E-state index in [-0.39, 0.29) is 13.4 Å². The number of aromatic nitrogens is 4. The number of carbonyl (C=O) groups is 2. The first-order valence-corrected chi connectivity index (χ1v) is 12.3. The molecule has 1 N–H and O–H groups in total. The summed E-state index contributed by atoms with van der Waals surface area (Å²) < 4.78 is 14.1. The molecule has 0 saturated carbocycles. The number of nitrogens with zero attached hydrogens (tertiary/aromatic N) is 4. The van der Waals surface area contributed by atoms with Crippen molar-refractivity contribution in [1.29, 1.82) is 0 Å². The number of pyridine rings is 1. The molecule has 204 valence electrons. The van der Waals surface area contributed by atoms with Gasteiger partial charge in [0.1, 0.15) is 11.6 Å². The maximum absolute atomic E-state index is 11.9. The predicted molar refractivity (Wildman–Crippen MR) is 146 cm³/mol. The lowest BCUT2D eigenvalue weighted by Gasteiger charge is -2.18. The second-order valence-electron chi connectivity index (χ2n) is 8.49. The number of hydrogen-bond donors (Lipinski definition) is 1. The first-order valence-electron chi connectivity index (χ1n) is 12.3. The smallest absolute Gasteiger partial charge is 0.359 e. The van der Waals surface area contributed by atoms with Crippen LogP contribution in [0.25, 0.3) is 11.1 Å².